The molecule has 1 aromatic carbocycles. The molecule has 18 heavy (non-hydrogen) atoms. The maximum atomic E-state index is 13.8. The minimum absolute atomic E-state index is 0.0671. The molecular formula is C14H18F3N. The van der Waals surface area contributed by atoms with Crippen molar-refractivity contribution < 1.29 is 13.2 Å². The Hall–Kier alpha value is -1.03. The van der Waals surface area contributed by atoms with Crippen LogP contribution in [0.15, 0.2) is 12.1 Å². The quantitative estimate of drug-likeness (QED) is 0.816. The Balaban J connectivity index is 2.27. The summed E-state index contributed by atoms with van der Waals surface area (Å²) in [6.07, 6.45) is 1.67. The van der Waals surface area contributed by atoms with E-state index in [2.05, 4.69) is 19.2 Å². The van der Waals surface area contributed by atoms with E-state index in [4.69, 9.17) is 0 Å². The van der Waals surface area contributed by atoms with Crippen LogP contribution in [0.5, 0.6) is 0 Å². The number of benzene rings is 1. The van der Waals surface area contributed by atoms with Gasteiger partial charge in [0.05, 0.1) is 0 Å². The van der Waals surface area contributed by atoms with Crippen LogP contribution in [0.4, 0.5) is 13.2 Å². The molecule has 0 amide bonds. The van der Waals surface area contributed by atoms with Crippen LogP contribution >= 0.6 is 0 Å². The zero-order chi connectivity index (χ0) is 13.3. The Morgan fingerprint density at radius 1 is 1.17 bits per heavy atom. The highest BCUT2D eigenvalue weighted by Crippen LogP contribution is 2.33. The molecule has 1 aromatic rings. The average molecular weight is 257 g/mol. The highest BCUT2D eigenvalue weighted by Gasteiger charge is 2.31. The number of rotatable bonds is 3. The summed E-state index contributed by atoms with van der Waals surface area (Å²) in [5.41, 5.74) is 0.296. The summed E-state index contributed by atoms with van der Waals surface area (Å²) in [7, 11) is 0. The van der Waals surface area contributed by atoms with Crippen LogP contribution in [0.1, 0.15) is 38.2 Å². The van der Waals surface area contributed by atoms with Gasteiger partial charge in [-0.3, -0.25) is 0 Å². The first-order valence-electron chi connectivity index (χ1n) is 6.37. The average Bonchev–Trinajstić information content (AvgIpc) is 2.70. The van der Waals surface area contributed by atoms with Gasteiger partial charge in [-0.05, 0) is 36.9 Å². The van der Waals surface area contributed by atoms with Crippen molar-refractivity contribution >= 4 is 0 Å². The fourth-order valence-electron chi connectivity index (χ4n) is 2.72. The lowest BCUT2D eigenvalue weighted by molar-refractivity contribution is 0.420. The summed E-state index contributed by atoms with van der Waals surface area (Å²) < 4.78 is 39.9. The lowest BCUT2D eigenvalue weighted by Gasteiger charge is -2.22. The zero-order valence-electron chi connectivity index (χ0n) is 10.6. The molecule has 1 nitrogen and oxygen atoms in total. The van der Waals surface area contributed by atoms with Gasteiger partial charge in [0.1, 0.15) is 5.82 Å². The van der Waals surface area contributed by atoms with Crippen LogP contribution in [-0.4, -0.2) is 12.6 Å². The van der Waals surface area contributed by atoms with Crippen molar-refractivity contribution in [3.8, 4) is 0 Å². The fraction of sp³-hybridized carbons (Fsp3) is 0.571. The molecule has 2 rings (SSSR count). The first kappa shape index (κ1) is 13.4. The molecule has 0 bridgehead atoms. The minimum atomic E-state index is -1.12. The number of halogens is 3. The summed E-state index contributed by atoms with van der Waals surface area (Å²) in [4.78, 5) is 0. The maximum absolute atomic E-state index is 13.8. The van der Waals surface area contributed by atoms with E-state index in [0.29, 0.717) is 17.5 Å². The van der Waals surface area contributed by atoms with Gasteiger partial charge in [0.15, 0.2) is 11.6 Å². The monoisotopic (exact) mass is 257 g/mol. The lowest BCUT2D eigenvalue weighted by Crippen LogP contribution is -2.28. The molecule has 0 radical (unpaired) electrons. The minimum Gasteiger partial charge on any atom is -0.313 e. The van der Waals surface area contributed by atoms with E-state index in [1.54, 1.807) is 0 Å². The normalized spacial score (nSPS) is 23.9. The second-order valence-corrected chi connectivity index (χ2v) is 5.37. The van der Waals surface area contributed by atoms with Crippen LogP contribution in [0.25, 0.3) is 0 Å². The van der Waals surface area contributed by atoms with Crippen LogP contribution in [-0.2, 0) is 0 Å². The Labute approximate surface area is 105 Å². The molecule has 1 saturated heterocycles. The Bertz CT molecular complexity index is 431. The summed E-state index contributed by atoms with van der Waals surface area (Å²) in [6.45, 7) is 4.98. The molecule has 0 aliphatic carbocycles. The van der Waals surface area contributed by atoms with Gasteiger partial charge in [-0.25, -0.2) is 13.2 Å². The van der Waals surface area contributed by atoms with Crippen LogP contribution in [0.3, 0.4) is 0 Å². The van der Waals surface area contributed by atoms with Crippen molar-refractivity contribution in [1.82, 2.24) is 5.32 Å². The zero-order valence-corrected chi connectivity index (χ0v) is 10.6. The van der Waals surface area contributed by atoms with Gasteiger partial charge in [-0.1, -0.05) is 13.8 Å². The third-order valence-corrected chi connectivity index (χ3v) is 3.51. The van der Waals surface area contributed by atoms with Crippen molar-refractivity contribution in [1.29, 1.82) is 0 Å². The summed E-state index contributed by atoms with van der Waals surface area (Å²) in [6, 6.07) is 1.80. The van der Waals surface area contributed by atoms with Crippen molar-refractivity contribution in [2.24, 2.45) is 5.92 Å². The summed E-state index contributed by atoms with van der Waals surface area (Å²) >= 11 is 0. The number of hydrogen-bond acceptors (Lipinski definition) is 1. The van der Waals surface area contributed by atoms with E-state index in [1.165, 1.54) is 0 Å². The predicted octanol–water partition coefficient (Wildman–Crippen LogP) is 3.60. The van der Waals surface area contributed by atoms with Crippen molar-refractivity contribution in [3.63, 3.8) is 0 Å². The van der Waals surface area contributed by atoms with Crippen LogP contribution < -0.4 is 5.32 Å². The SMILES string of the molecule is CC(C)CC1NCCC1c1cc(F)c(F)cc1F. The maximum Gasteiger partial charge on any atom is 0.161 e. The molecule has 2 atom stereocenters. The molecule has 1 N–H and O–H groups in total. The van der Waals surface area contributed by atoms with E-state index in [0.717, 1.165) is 25.5 Å². The second kappa shape index (κ2) is 5.31. The first-order valence-corrected chi connectivity index (χ1v) is 6.37. The molecule has 4 heteroatoms. The molecule has 0 aromatic heterocycles. The molecule has 1 aliphatic rings. The van der Waals surface area contributed by atoms with Gasteiger partial charge in [0, 0.05) is 18.0 Å². The second-order valence-electron chi connectivity index (χ2n) is 5.37. The highest BCUT2D eigenvalue weighted by molar-refractivity contribution is 5.26. The molecule has 1 heterocycles. The predicted molar refractivity (Wildman–Crippen MR) is 64.9 cm³/mol. The lowest BCUT2D eigenvalue weighted by atomic mass is 9.87. The van der Waals surface area contributed by atoms with Gasteiger partial charge in [0.2, 0.25) is 0 Å². The Morgan fingerprint density at radius 2 is 1.83 bits per heavy atom. The summed E-state index contributed by atoms with van der Waals surface area (Å²) in [5.74, 6) is -2.32. The summed E-state index contributed by atoms with van der Waals surface area (Å²) in [5, 5.41) is 3.31. The molecule has 0 spiro atoms. The largest absolute Gasteiger partial charge is 0.313 e. The van der Waals surface area contributed by atoms with E-state index in [1.807, 2.05) is 0 Å². The molecular weight excluding hydrogens is 239 g/mol. The molecule has 100 valence electrons. The molecule has 0 saturated carbocycles. The molecule has 1 fully saturated rings. The number of nitrogens with one attached hydrogen (secondary N) is 1. The Morgan fingerprint density at radius 3 is 2.50 bits per heavy atom. The topological polar surface area (TPSA) is 12.0 Å². The number of hydrogen-bond donors (Lipinski definition) is 1. The van der Waals surface area contributed by atoms with Gasteiger partial charge in [-0.2, -0.15) is 0 Å². The van der Waals surface area contributed by atoms with E-state index < -0.39 is 17.5 Å². The van der Waals surface area contributed by atoms with E-state index in [9.17, 15) is 13.2 Å². The van der Waals surface area contributed by atoms with Gasteiger partial charge in [0.25, 0.3) is 0 Å². The molecule has 1 aliphatic heterocycles. The first-order chi connectivity index (χ1) is 8.49. The standard InChI is InChI=1S/C14H18F3N/c1-8(2)5-14-9(3-4-18-14)10-6-12(16)13(17)7-11(10)15/h6-9,14,18H,3-5H2,1-2H3. The van der Waals surface area contributed by atoms with E-state index >= 15 is 0 Å². The smallest absolute Gasteiger partial charge is 0.161 e. The fourth-order valence-corrected chi connectivity index (χ4v) is 2.72. The van der Waals surface area contributed by atoms with Crippen LogP contribution in [0.2, 0.25) is 0 Å². The molecule has 2 unspecified atom stereocenters. The van der Waals surface area contributed by atoms with E-state index in [-0.39, 0.29) is 12.0 Å². The van der Waals surface area contributed by atoms with Gasteiger partial charge < -0.3 is 5.32 Å². The third kappa shape index (κ3) is 2.69. The third-order valence-electron chi connectivity index (χ3n) is 3.51. The van der Waals surface area contributed by atoms with Crippen LogP contribution in [0, 0.1) is 23.4 Å². The van der Waals surface area contributed by atoms with Crippen molar-refractivity contribution in [2.75, 3.05) is 6.54 Å². The van der Waals surface area contributed by atoms with Gasteiger partial charge in [-0.15, -0.1) is 0 Å². The van der Waals surface area contributed by atoms with Crippen molar-refractivity contribution in [3.05, 3.63) is 35.1 Å². The van der Waals surface area contributed by atoms with Gasteiger partial charge >= 0.3 is 0 Å². The van der Waals surface area contributed by atoms with Crippen molar-refractivity contribution in [2.45, 2.75) is 38.6 Å². The highest BCUT2D eigenvalue weighted by atomic mass is 19.2. The Kier molecular flexibility index (Phi) is 3.95.